The number of carbonyl (C=O) groups excluding carboxylic acids is 2. The highest BCUT2D eigenvalue weighted by Gasteiger charge is 2.26. The van der Waals surface area contributed by atoms with E-state index in [0.717, 1.165) is 44.2 Å². The fourth-order valence-electron chi connectivity index (χ4n) is 4.67. The van der Waals surface area contributed by atoms with Gasteiger partial charge < -0.3 is 21.3 Å². The van der Waals surface area contributed by atoms with E-state index < -0.39 is 0 Å². The standard InChI is InChI=1S/C26H33ClN8O2/c1-15(2)11-24(36)32-18-7-5-17(6-8-18)31-23-13-20(30-16-3-4-16)25-29-14-21(35(25)34-23)26(37)33-19-9-10-28-22(27)12-19/h9-10,12-18,30H,3-8,11H2,1-2H3,(H,31,34)(H,32,36)(H,28,33,37). The zero-order valence-electron chi connectivity index (χ0n) is 21.1. The lowest BCUT2D eigenvalue weighted by Crippen LogP contribution is -2.40. The lowest BCUT2D eigenvalue weighted by molar-refractivity contribution is -0.122. The van der Waals surface area contributed by atoms with Gasteiger partial charge in [-0.05, 0) is 56.6 Å². The fourth-order valence-corrected chi connectivity index (χ4v) is 4.85. The minimum absolute atomic E-state index is 0.134. The second kappa shape index (κ2) is 10.9. The van der Waals surface area contributed by atoms with Crippen LogP contribution in [0.4, 0.5) is 17.2 Å². The molecule has 0 aliphatic heterocycles. The van der Waals surface area contributed by atoms with E-state index in [9.17, 15) is 9.59 Å². The smallest absolute Gasteiger partial charge is 0.276 e. The largest absolute Gasteiger partial charge is 0.379 e. The van der Waals surface area contributed by atoms with Gasteiger partial charge >= 0.3 is 0 Å². The van der Waals surface area contributed by atoms with Crippen LogP contribution < -0.4 is 21.3 Å². The molecule has 2 aliphatic carbocycles. The molecule has 0 radical (unpaired) electrons. The number of pyridine rings is 1. The van der Waals surface area contributed by atoms with Gasteiger partial charge in [-0.25, -0.2) is 14.5 Å². The molecule has 4 N–H and O–H groups in total. The third-order valence-electron chi connectivity index (χ3n) is 6.66. The molecule has 0 atom stereocenters. The Kier molecular flexibility index (Phi) is 7.45. The molecule has 11 heteroatoms. The van der Waals surface area contributed by atoms with Crippen molar-refractivity contribution in [2.45, 2.75) is 76.9 Å². The number of aromatic nitrogens is 4. The average Bonchev–Trinajstić information content (AvgIpc) is 3.55. The zero-order valence-corrected chi connectivity index (χ0v) is 21.9. The summed E-state index contributed by atoms with van der Waals surface area (Å²) in [5, 5.41) is 18.1. The van der Waals surface area contributed by atoms with Gasteiger partial charge in [-0.1, -0.05) is 25.4 Å². The molecular formula is C26H33ClN8O2. The Morgan fingerprint density at radius 1 is 1.03 bits per heavy atom. The Labute approximate surface area is 221 Å². The molecule has 2 saturated carbocycles. The SMILES string of the molecule is CC(C)CC(=O)NC1CCC(Nc2cc(NC3CC3)c3ncc(C(=O)Nc4ccnc(Cl)c4)n3n2)CC1. The van der Waals surface area contributed by atoms with Crippen molar-refractivity contribution in [1.29, 1.82) is 0 Å². The average molecular weight is 525 g/mol. The summed E-state index contributed by atoms with van der Waals surface area (Å²) in [4.78, 5) is 33.7. The van der Waals surface area contributed by atoms with Crippen molar-refractivity contribution in [2.24, 2.45) is 5.92 Å². The number of imidazole rings is 1. The van der Waals surface area contributed by atoms with Crippen molar-refractivity contribution in [3.63, 3.8) is 0 Å². The van der Waals surface area contributed by atoms with E-state index in [1.165, 1.54) is 12.4 Å². The molecule has 3 aromatic rings. The monoisotopic (exact) mass is 524 g/mol. The number of anilines is 3. The molecule has 0 aromatic carbocycles. The summed E-state index contributed by atoms with van der Waals surface area (Å²) >= 11 is 5.96. The summed E-state index contributed by atoms with van der Waals surface area (Å²) in [6.07, 6.45) is 9.56. The van der Waals surface area contributed by atoms with Crippen molar-refractivity contribution in [2.75, 3.05) is 16.0 Å². The summed E-state index contributed by atoms with van der Waals surface area (Å²) in [6.45, 7) is 4.11. The van der Waals surface area contributed by atoms with Crippen LogP contribution in [0.3, 0.4) is 0 Å². The van der Waals surface area contributed by atoms with E-state index in [0.29, 0.717) is 46.4 Å². The minimum Gasteiger partial charge on any atom is -0.379 e. The second-order valence-electron chi connectivity index (χ2n) is 10.4. The van der Waals surface area contributed by atoms with E-state index in [1.807, 2.05) is 6.07 Å². The highest BCUT2D eigenvalue weighted by Crippen LogP contribution is 2.30. The molecule has 0 saturated heterocycles. The van der Waals surface area contributed by atoms with Crippen LogP contribution in [0.5, 0.6) is 0 Å². The van der Waals surface area contributed by atoms with Crippen LogP contribution in [-0.2, 0) is 4.79 Å². The van der Waals surface area contributed by atoms with Gasteiger partial charge in [-0.2, -0.15) is 0 Å². The first kappa shape index (κ1) is 25.3. The molecule has 37 heavy (non-hydrogen) atoms. The van der Waals surface area contributed by atoms with Crippen molar-refractivity contribution < 1.29 is 9.59 Å². The third-order valence-corrected chi connectivity index (χ3v) is 6.87. The molecular weight excluding hydrogens is 492 g/mol. The number of fused-ring (bicyclic) bond motifs is 1. The first-order valence-electron chi connectivity index (χ1n) is 13.0. The van der Waals surface area contributed by atoms with Gasteiger partial charge in [0.1, 0.15) is 11.0 Å². The molecule has 3 aromatic heterocycles. The van der Waals surface area contributed by atoms with Gasteiger partial charge in [0.15, 0.2) is 11.3 Å². The van der Waals surface area contributed by atoms with Crippen LogP contribution in [-0.4, -0.2) is 49.5 Å². The molecule has 2 amide bonds. The van der Waals surface area contributed by atoms with Crippen LogP contribution in [0, 0.1) is 5.92 Å². The first-order valence-corrected chi connectivity index (χ1v) is 13.4. The highest BCUT2D eigenvalue weighted by atomic mass is 35.5. The van der Waals surface area contributed by atoms with Gasteiger partial charge in [0.2, 0.25) is 5.91 Å². The van der Waals surface area contributed by atoms with Crippen molar-refractivity contribution in [3.8, 4) is 0 Å². The Morgan fingerprint density at radius 3 is 2.43 bits per heavy atom. The molecule has 5 rings (SSSR count). The first-order chi connectivity index (χ1) is 17.8. The van der Waals surface area contributed by atoms with Gasteiger partial charge in [0.05, 0.1) is 11.9 Å². The topological polar surface area (TPSA) is 125 Å². The number of amides is 2. The van der Waals surface area contributed by atoms with Gasteiger partial charge in [0, 0.05) is 42.5 Å². The van der Waals surface area contributed by atoms with Crippen molar-refractivity contribution in [3.05, 3.63) is 41.4 Å². The van der Waals surface area contributed by atoms with Crippen LogP contribution in [0.25, 0.3) is 5.65 Å². The van der Waals surface area contributed by atoms with Crippen molar-refractivity contribution in [1.82, 2.24) is 24.9 Å². The van der Waals surface area contributed by atoms with Crippen LogP contribution in [0.2, 0.25) is 5.15 Å². The number of rotatable bonds is 9. The van der Waals surface area contributed by atoms with Gasteiger partial charge in [-0.3, -0.25) is 9.59 Å². The molecule has 0 bridgehead atoms. The number of hydrogen-bond donors (Lipinski definition) is 4. The predicted molar refractivity (Wildman–Crippen MR) is 144 cm³/mol. The molecule has 10 nitrogen and oxygen atoms in total. The summed E-state index contributed by atoms with van der Waals surface area (Å²) < 4.78 is 1.59. The lowest BCUT2D eigenvalue weighted by Gasteiger charge is -2.30. The fraction of sp³-hybridized carbons (Fsp3) is 0.500. The van der Waals surface area contributed by atoms with E-state index in [2.05, 4.69) is 45.1 Å². The number of hydrogen-bond acceptors (Lipinski definition) is 7. The Bertz CT molecular complexity index is 1280. The molecule has 0 unspecified atom stereocenters. The summed E-state index contributed by atoms with van der Waals surface area (Å²) in [7, 11) is 0. The quantitative estimate of drug-likeness (QED) is 0.304. The number of nitrogens with zero attached hydrogens (tertiary/aromatic N) is 4. The molecule has 0 spiro atoms. The molecule has 2 fully saturated rings. The molecule has 196 valence electrons. The second-order valence-corrected chi connectivity index (χ2v) is 10.8. The number of halogens is 1. The molecule has 3 heterocycles. The van der Waals surface area contributed by atoms with Gasteiger partial charge in [0.25, 0.3) is 5.91 Å². The maximum Gasteiger partial charge on any atom is 0.276 e. The predicted octanol–water partition coefficient (Wildman–Crippen LogP) is 4.49. The number of carbonyl (C=O) groups is 2. The lowest BCUT2D eigenvalue weighted by atomic mass is 9.91. The summed E-state index contributed by atoms with van der Waals surface area (Å²) in [5.74, 6) is 0.834. The summed E-state index contributed by atoms with van der Waals surface area (Å²) in [5.41, 5.74) is 2.32. The Hall–Kier alpha value is -3.40. The maximum absolute atomic E-state index is 13.1. The Balaban J connectivity index is 1.31. The Morgan fingerprint density at radius 2 is 1.73 bits per heavy atom. The molecule has 2 aliphatic rings. The van der Waals surface area contributed by atoms with E-state index in [4.69, 9.17) is 16.7 Å². The summed E-state index contributed by atoms with van der Waals surface area (Å²) in [6, 6.07) is 6.10. The van der Waals surface area contributed by atoms with E-state index in [-0.39, 0.29) is 23.9 Å². The minimum atomic E-state index is -0.338. The van der Waals surface area contributed by atoms with Crippen LogP contribution in [0.15, 0.2) is 30.6 Å². The van der Waals surface area contributed by atoms with Crippen LogP contribution in [0.1, 0.15) is 69.3 Å². The highest BCUT2D eigenvalue weighted by molar-refractivity contribution is 6.29. The zero-order chi connectivity index (χ0) is 25.9. The normalized spacial score (nSPS) is 19.6. The van der Waals surface area contributed by atoms with Crippen LogP contribution >= 0.6 is 11.6 Å². The maximum atomic E-state index is 13.1. The van der Waals surface area contributed by atoms with E-state index >= 15 is 0 Å². The van der Waals surface area contributed by atoms with Gasteiger partial charge in [-0.15, -0.1) is 5.10 Å². The van der Waals surface area contributed by atoms with Crippen molar-refractivity contribution >= 4 is 46.3 Å². The number of nitrogens with one attached hydrogen (secondary N) is 4. The third kappa shape index (κ3) is 6.49. The van der Waals surface area contributed by atoms with E-state index in [1.54, 1.807) is 16.6 Å².